The molecule has 0 radical (unpaired) electrons. The third kappa shape index (κ3) is 7.20. The Bertz CT molecular complexity index is 1210. The Morgan fingerprint density at radius 3 is 2.69 bits per heavy atom. The van der Waals surface area contributed by atoms with Crippen molar-refractivity contribution in [3.8, 4) is 0 Å². The van der Waals surface area contributed by atoms with Crippen LogP contribution in [0.25, 0.3) is 10.1 Å². The van der Waals surface area contributed by atoms with Gasteiger partial charge in [0.1, 0.15) is 6.04 Å². The number of carbonyl (C=O) groups is 3. The molecule has 7 nitrogen and oxygen atoms in total. The molecule has 2 saturated heterocycles. The van der Waals surface area contributed by atoms with E-state index in [4.69, 9.17) is 4.52 Å². The lowest BCUT2D eigenvalue weighted by atomic mass is 10.00. The van der Waals surface area contributed by atoms with E-state index < -0.39 is 25.7 Å². The SMILES string of the molecule is CC(C)(C)C(=O)SCCOPC(C)(F)c1ccc2sc(C(=O)N[C@H]3CCC[C@H]4CC[C@@H](CO)N4C3=O)cc2c1. The van der Waals surface area contributed by atoms with Crippen molar-refractivity contribution in [1.82, 2.24) is 10.2 Å². The highest BCUT2D eigenvalue weighted by atomic mass is 32.2. The quantitative estimate of drug-likeness (QED) is 0.289. The molecule has 0 spiro atoms. The number of rotatable bonds is 9. The molecule has 4 rings (SSSR count). The lowest BCUT2D eigenvalue weighted by Gasteiger charge is -2.30. The van der Waals surface area contributed by atoms with Gasteiger partial charge in [-0.1, -0.05) is 38.6 Å². The number of aliphatic hydroxyl groups is 1. The minimum absolute atomic E-state index is 0.0590. The first-order valence-corrected chi connectivity index (χ1v) is 16.1. The first-order chi connectivity index (χ1) is 18.4. The minimum Gasteiger partial charge on any atom is -0.394 e. The van der Waals surface area contributed by atoms with Gasteiger partial charge in [-0.3, -0.25) is 14.4 Å². The van der Waals surface area contributed by atoms with Gasteiger partial charge in [-0.2, -0.15) is 0 Å². The van der Waals surface area contributed by atoms with E-state index in [1.54, 1.807) is 23.1 Å². The van der Waals surface area contributed by atoms with Crippen molar-refractivity contribution in [2.75, 3.05) is 19.0 Å². The summed E-state index contributed by atoms with van der Waals surface area (Å²) in [6.45, 7) is 7.30. The monoisotopic (exact) mass is 596 g/mol. The van der Waals surface area contributed by atoms with E-state index in [0.29, 0.717) is 22.6 Å². The van der Waals surface area contributed by atoms with E-state index in [1.807, 2.05) is 26.8 Å². The molecule has 1 aromatic heterocycles. The second kappa shape index (κ2) is 12.5. The van der Waals surface area contributed by atoms with Gasteiger partial charge in [0.2, 0.25) is 5.91 Å². The van der Waals surface area contributed by atoms with E-state index in [2.05, 4.69) is 5.32 Å². The lowest BCUT2D eigenvalue weighted by molar-refractivity contribution is -0.136. The van der Waals surface area contributed by atoms with Crippen LogP contribution in [0.1, 0.15) is 75.0 Å². The number of nitrogens with one attached hydrogen (secondary N) is 1. The first kappa shape index (κ1) is 30.4. The largest absolute Gasteiger partial charge is 0.394 e. The van der Waals surface area contributed by atoms with E-state index >= 15 is 4.39 Å². The molecule has 1 aromatic carbocycles. The minimum atomic E-state index is -1.71. The second-order valence-corrected chi connectivity index (χ2v) is 15.1. The van der Waals surface area contributed by atoms with Crippen LogP contribution in [0.4, 0.5) is 4.39 Å². The maximum absolute atomic E-state index is 15.5. The molecule has 214 valence electrons. The van der Waals surface area contributed by atoms with E-state index in [0.717, 1.165) is 35.8 Å². The zero-order valence-corrected chi connectivity index (χ0v) is 25.6. The molecule has 0 bridgehead atoms. The number of thiophene rings is 1. The summed E-state index contributed by atoms with van der Waals surface area (Å²) in [6.07, 6.45) is 4.00. The summed E-state index contributed by atoms with van der Waals surface area (Å²) in [5.74, 6) is 0.0510. The number of amides is 2. The summed E-state index contributed by atoms with van der Waals surface area (Å²) in [5, 5.41) is 11.8. The number of hydrogen-bond acceptors (Lipinski definition) is 7. The first-order valence-electron chi connectivity index (χ1n) is 13.4. The molecule has 0 saturated carbocycles. The molecule has 0 aliphatic carbocycles. The average molecular weight is 597 g/mol. The fourth-order valence-corrected chi connectivity index (χ4v) is 7.72. The van der Waals surface area contributed by atoms with Crippen LogP contribution in [0.3, 0.4) is 0 Å². The summed E-state index contributed by atoms with van der Waals surface area (Å²) < 4.78 is 22.0. The van der Waals surface area contributed by atoms with Crippen LogP contribution < -0.4 is 5.32 Å². The Kier molecular flexibility index (Phi) is 9.75. The molecule has 2 aliphatic heterocycles. The number of fused-ring (bicyclic) bond motifs is 2. The molecule has 11 heteroatoms. The van der Waals surface area contributed by atoms with E-state index in [-0.39, 0.29) is 42.2 Å². The molecule has 2 fully saturated rings. The molecule has 39 heavy (non-hydrogen) atoms. The molecule has 2 aromatic rings. The van der Waals surface area contributed by atoms with Gasteiger partial charge in [0.15, 0.2) is 10.5 Å². The van der Waals surface area contributed by atoms with Crippen LogP contribution in [0.15, 0.2) is 24.3 Å². The number of aliphatic hydroxyl groups excluding tert-OH is 1. The predicted molar refractivity (Wildman–Crippen MR) is 157 cm³/mol. The van der Waals surface area contributed by atoms with Crippen molar-refractivity contribution in [1.29, 1.82) is 0 Å². The van der Waals surface area contributed by atoms with Gasteiger partial charge in [0, 0.05) is 21.9 Å². The Morgan fingerprint density at radius 1 is 1.21 bits per heavy atom. The van der Waals surface area contributed by atoms with Gasteiger partial charge in [0.25, 0.3) is 5.91 Å². The maximum atomic E-state index is 15.5. The van der Waals surface area contributed by atoms with Gasteiger partial charge in [-0.25, -0.2) is 4.39 Å². The fourth-order valence-electron chi connectivity index (χ4n) is 5.09. The van der Waals surface area contributed by atoms with Crippen LogP contribution >= 0.6 is 31.9 Å². The van der Waals surface area contributed by atoms with Crippen molar-refractivity contribution in [2.24, 2.45) is 5.41 Å². The number of hydrogen-bond donors (Lipinski definition) is 2. The fraction of sp³-hybridized carbons (Fsp3) is 0.607. The highest BCUT2D eigenvalue weighted by Gasteiger charge is 2.41. The van der Waals surface area contributed by atoms with Crippen molar-refractivity contribution < 1.29 is 28.4 Å². The van der Waals surface area contributed by atoms with E-state index in [1.165, 1.54) is 30.0 Å². The molecule has 2 amide bonds. The van der Waals surface area contributed by atoms with Gasteiger partial charge >= 0.3 is 0 Å². The molecule has 3 heterocycles. The summed E-state index contributed by atoms with van der Waals surface area (Å²) in [4.78, 5) is 40.6. The number of carbonyl (C=O) groups excluding carboxylic acids is 3. The van der Waals surface area contributed by atoms with Crippen LogP contribution in [-0.4, -0.2) is 64.0 Å². The normalized spacial score (nSPS) is 23.7. The Balaban J connectivity index is 1.37. The summed E-state index contributed by atoms with van der Waals surface area (Å²) in [5.41, 5.74) is 0.0453. The van der Waals surface area contributed by atoms with Crippen LogP contribution in [0.2, 0.25) is 0 Å². The average Bonchev–Trinajstić information content (AvgIpc) is 3.46. The van der Waals surface area contributed by atoms with Gasteiger partial charge in [-0.05, 0) is 68.2 Å². The topological polar surface area (TPSA) is 95.9 Å². The number of nitrogens with zero attached hydrogens (tertiary/aromatic N) is 1. The summed E-state index contributed by atoms with van der Waals surface area (Å²) >= 11 is 2.51. The van der Waals surface area contributed by atoms with Gasteiger partial charge in [0.05, 0.1) is 32.9 Å². The molecule has 2 aliphatic rings. The van der Waals surface area contributed by atoms with Crippen molar-refractivity contribution in [3.63, 3.8) is 0 Å². The smallest absolute Gasteiger partial charge is 0.262 e. The van der Waals surface area contributed by atoms with Crippen molar-refractivity contribution >= 4 is 58.9 Å². The Labute approximate surface area is 239 Å². The van der Waals surface area contributed by atoms with E-state index in [9.17, 15) is 19.5 Å². The third-order valence-corrected chi connectivity index (χ3v) is 10.7. The zero-order valence-electron chi connectivity index (χ0n) is 22.9. The number of alkyl halides is 1. The second-order valence-electron chi connectivity index (χ2n) is 11.5. The predicted octanol–water partition coefficient (Wildman–Crippen LogP) is 5.59. The maximum Gasteiger partial charge on any atom is 0.262 e. The highest BCUT2D eigenvalue weighted by molar-refractivity contribution is 8.13. The zero-order chi connectivity index (χ0) is 28.4. The molecular weight excluding hydrogens is 558 g/mol. The standard InChI is InChI=1S/C28H38FN2O5PS2/c1-27(2,3)26(35)38-13-12-36-37-28(4,29)18-8-11-22-17(14-18)15-23(39-22)24(33)30-21-7-5-6-19-9-10-20(16-32)31(19)25(21)34/h8,11,14-15,19-21,32,37H,5-7,9-10,12-13,16H2,1-4H3,(H,30,33)/t19-,20-,21-,28?/m0/s1. The number of halogens is 1. The summed E-state index contributed by atoms with van der Waals surface area (Å²) in [6, 6.07) is 6.37. The van der Waals surface area contributed by atoms with Gasteiger partial charge in [-0.15, -0.1) is 11.3 Å². The molecular formula is C28H38FN2O5PS2. The van der Waals surface area contributed by atoms with Crippen molar-refractivity contribution in [3.05, 3.63) is 34.7 Å². The Hall–Kier alpha value is -1.58. The third-order valence-electron chi connectivity index (χ3n) is 7.30. The van der Waals surface area contributed by atoms with Crippen LogP contribution in [0.5, 0.6) is 0 Å². The number of thioether (sulfide) groups is 1. The van der Waals surface area contributed by atoms with Gasteiger partial charge < -0.3 is 19.8 Å². The van der Waals surface area contributed by atoms with Crippen molar-refractivity contribution in [2.45, 2.75) is 83.3 Å². The number of benzene rings is 1. The van der Waals surface area contributed by atoms with Crippen LogP contribution in [0, 0.1) is 5.41 Å². The lowest BCUT2D eigenvalue weighted by Crippen LogP contribution is -2.51. The Morgan fingerprint density at radius 2 is 1.97 bits per heavy atom. The summed E-state index contributed by atoms with van der Waals surface area (Å²) in [7, 11) is -0.430. The molecule has 2 unspecified atom stereocenters. The highest BCUT2D eigenvalue weighted by Crippen LogP contribution is 2.45. The van der Waals surface area contributed by atoms with Crippen LogP contribution in [-0.2, 0) is 19.5 Å². The molecule has 2 N–H and O–H groups in total. The molecule has 5 atom stereocenters.